The minimum absolute atomic E-state index is 0.334. The van der Waals surface area contributed by atoms with Crippen molar-refractivity contribution in [1.29, 1.82) is 0 Å². The zero-order valence-corrected chi connectivity index (χ0v) is 9.85. The zero-order valence-electron chi connectivity index (χ0n) is 8.27. The first-order chi connectivity index (χ1) is 6.94. The van der Waals surface area contributed by atoms with Gasteiger partial charge in [0, 0.05) is 5.56 Å². The van der Waals surface area contributed by atoms with Gasteiger partial charge in [0.05, 0.1) is 11.8 Å². The fourth-order valence-electron chi connectivity index (χ4n) is 1.12. The Balaban J connectivity index is 2.74. The highest BCUT2D eigenvalue weighted by molar-refractivity contribution is 9.09. The van der Waals surface area contributed by atoms with Crippen LogP contribution in [0.2, 0.25) is 0 Å². The summed E-state index contributed by atoms with van der Waals surface area (Å²) < 4.78 is 25.8. The van der Waals surface area contributed by atoms with Crippen molar-refractivity contribution in [2.45, 2.75) is 19.3 Å². The van der Waals surface area contributed by atoms with Gasteiger partial charge in [0.1, 0.15) is 0 Å². The number of halogens is 3. The van der Waals surface area contributed by atoms with Gasteiger partial charge in [-0.1, -0.05) is 45.8 Å². The van der Waals surface area contributed by atoms with Gasteiger partial charge in [0.2, 0.25) is 0 Å². The molecule has 0 aromatic heterocycles. The van der Waals surface area contributed by atoms with Gasteiger partial charge in [0.15, 0.2) is 5.78 Å². The van der Waals surface area contributed by atoms with Gasteiger partial charge in [-0.25, -0.2) is 8.78 Å². The molecule has 0 atom stereocenters. The fourth-order valence-corrected chi connectivity index (χ4v) is 1.32. The van der Waals surface area contributed by atoms with Crippen LogP contribution in [0.4, 0.5) is 8.78 Å². The Morgan fingerprint density at radius 3 is 2.33 bits per heavy atom. The topological polar surface area (TPSA) is 17.1 Å². The largest absolute Gasteiger partial charge is 0.294 e. The van der Waals surface area contributed by atoms with E-state index in [1.54, 1.807) is 24.3 Å². The lowest BCUT2D eigenvalue weighted by Gasteiger charge is -2.11. The SMILES string of the molecule is Cc1ccc(C(=O)CC(F)(F)CBr)cc1. The van der Waals surface area contributed by atoms with Crippen molar-refractivity contribution in [2.24, 2.45) is 0 Å². The third kappa shape index (κ3) is 3.70. The molecule has 0 N–H and O–H groups in total. The Morgan fingerprint density at radius 1 is 1.33 bits per heavy atom. The number of ketones is 1. The second kappa shape index (κ2) is 4.84. The van der Waals surface area contributed by atoms with E-state index in [1.165, 1.54) is 0 Å². The average molecular weight is 277 g/mol. The number of aryl methyl sites for hydroxylation is 1. The van der Waals surface area contributed by atoms with Crippen LogP contribution < -0.4 is 0 Å². The molecular weight excluding hydrogens is 266 g/mol. The summed E-state index contributed by atoms with van der Waals surface area (Å²) in [5.41, 5.74) is 1.33. The van der Waals surface area contributed by atoms with E-state index in [9.17, 15) is 13.6 Å². The smallest absolute Gasteiger partial charge is 0.264 e. The monoisotopic (exact) mass is 276 g/mol. The molecule has 0 unspecified atom stereocenters. The Bertz CT molecular complexity index is 346. The molecule has 82 valence electrons. The first-order valence-electron chi connectivity index (χ1n) is 4.48. The number of benzene rings is 1. The number of carbonyl (C=O) groups is 1. The molecule has 15 heavy (non-hydrogen) atoms. The lowest BCUT2D eigenvalue weighted by molar-refractivity contribution is 0.0212. The maximum absolute atomic E-state index is 12.9. The number of alkyl halides is 3. The Hall–Kier alpha value is -0.770. The summed E-state index contributed by atoms with van der Waals surface area (Å²) in [5.74, 6) is -3.50. The van der Waals surface area contributed by atoms with Crippen LogP contribution in [0.15, 0.2) is 24.3 Å². The van der Waals surface area contributed by atoms with Gasteiger partial charge in [0.25, 0.3) is 5.92 Å². The second-order valence-electron chi connectivity index (χ2n) is 3.46. The molecule has 0 bridgehead atoms. The molecule has 0 fully saturated rings. The maximum Gasteiger partial charge on any atom is 0.264 e. The summed E-state index contributed by atoms with van der Waals surface area (Å²) in [7, 11) is 0. The third-order valence-corrected chi connectivity index (χ3v) is 2.81. The van der Waals surface area contributed by atoms with Gasteiger partial charge >= 0.3 is 0 Å². The Labute approximate surface area is 95.6 Å². The molecule has 0 heterocycles. The van der Waals surface area contributed by atoms with Gasteiger partial charge in [-0.2, -0.15) is 0 Å². The predicted molar refractivity (Wildman–Crippen MR) is 58.9 cm³/mol. The minimum Gasteiger partial charge on any atom is -0.294 e. The molecule has 0 aliphatic rings. The number of carbonyl (C=O) groups excluding carboxylic acids is 1. The Morgan fingerprint density at radius 2 is 1.87 bits per heavy atom. The standard InChI is InChI=1S/C11H11BrF2O/c1-8-2-4-9(5-3-8)10(15)6-11(13,14)7-12/h2-5H,6-7H2,1H3. The normalized spacial score (nSPS) is 11.5. The lowest BCUT2D eigenvalue weighted by Crippen LogP contribution is -2.22. The molecule has 0 saturated heterocycles. The number of hydrogen-bond donors (Lipinski definition) is 0. The first kappa shape index (κ1) is 12.3. The van der Waals surface area contributed by atoms with Crippen molar-refractivity contribution in [3.63, 3.8) is 0 Å². The highest BCUT2D eigenvalue weighted by Crippen LogP contribution is 2.23. The van der Waals surface area contributed by atoms with Crippen LogP contribution in [0.25, 0.3) is 0 Å². The van der Waals surface area contributed by atoms with Crippen molar-refractivity contribution in [1.82, 2.24) is 0 Å². The van der Waals surface area contributed by atoms with Gasteiger partial charge < -0.3 is 0 Å². The molecule has 4 heteroatoms. The highest BCUT2D eigenvalue weighted by Gasteiger charge is 2.30. The van der Waals surface area contributed by atoms with Crippen LogP contribution >= 0.6 is 15.9 Å². The molecule has 1 rings (SSSR count). The van der Waals surface area contributed by atoms with Crippen LogP contribution in [0, 0.1) is 6.92 Å². The summed E-state index contributed by atoms with van der Waals surface area (Å²) >= 11 is 2.68. The van der Waals surface area contributed by atoms with E-state index in [0.29, 0.717) is 5.56 Å². The molecule has 1 nitrogen and oxygen atoms in total. The molecule has 0 saturated carbocycles. The summed E-state index contributed by atoms with van der Waals surface area (Å²) in [6, 6.07) is 6.61. The van der Waals surface area contributed by atoms with E-state index in [0.717, 1.165) is 5.56 Å². The van der Waals surface area contributed by atoms with Crippen LogP contribution in [-0.2, 0) is 0 Å². The van der Waals surface area contributed by atoms with Gasteiger partial charge in [-0.05, 0) is 6.92 Å². The van der Waals surface area contributed by atoms with Crippen LogP contribution in [0.5, 0.6) is 0 Å². The summed E-state index contributed by atoms with van der Waals surface area (Å²) in [6.07, 6.45) is -0.749. The summed E-state index contributed by atoms with van der Waals surface area (Å²) in [5, 5.41) is -0.488. The van der Waals surface area contributed by atoms with Crippen molar-refractivity contribution in [3.05, 3.63) is 35.4 Å². The second-order valence-corrected chi connectivity index (χ2v) is 4.02. The van der Waals surface area contributed by atoms with Crippen LogP contribution in [0.3, 0.4) is 0 Å². The molecular formula is C11H11BrF2O. The number of hydrogen-bond acceptors (Lipinski definition) is 1. The van der Waals surface area contributed by atoms with E-state index in [4.69, 9.17) is 0 Å². The fraction of sp³-hybridized carbons (Fsp3) is 0.364. The van der Waals surface area contributed by atoms with Crippen molar-refractivity contribution >= 4 is 21.7 Å². The van der Waals surface area contributed by atoms with Crippen molar-refractivity contribution in [2.75, 3.05) is 5.33 Å². The van der Waals surface area contributed by atoms with E-state index in [1.807, 2.05) is 6.92 Å². The van der Waals surface area contributed by atoms with E-state index in [2.05, 4.69) is 15.9 Å². The predicted octanol–water partition coefficient (Wildman–Crippen LogP) is 3.60. The van der Waals surface area contributed by atoms with E-state index < -0.39 is 23.5 Å². The quantitative estimate of drug-likeness (QED) is 0.607. The Kier molecular flexibility index (Phi) is 3.97. The first-order valence-corrected chi connectivity index (χ1v) is 5.60. The third-order valence-electron chi connectivity index (χ3n) is 1.99. The van der Waals surface area contributed by atoms with E-state index in [-0.39, 0.29) is 0 Å². The molecule has 0 amide bonds. The number of Topliss-reactive ketones (excluding diaryl/α,β-unsaturated/α-hetero) is 1. The minimum atomic E-state index is -2.97. The van der Waals surface area contributed by atoms with E-state index >= 15 is 0 Å². The summed E-state index contributed by atoms with van der Waals surface area (Å²) in [6.45, 7) is 1.88. The van der Waals surface area contributed by atoms with Crippen LogP contribution in [0.1, 0.15) is 22.3 Å². The molecule has 0 spiro atoms. The molecule has 1 aromatic rings. The summed E-state index contributed by atoms with van der Waals surface area (Å²) in [4.78, 5) is 11.4. The highest BCUT2D eigenvalue weighted by atomic mass is 79.9. The van der Waals surface area contributed by atoms with Crippen LogP contribution in [-0.4, -0.2) is 17.0 Å². The molecule has 1 aromatic carbocycles. The molecule has 0 aliphatic heterocycles. The zero-order chi connectivity index (χ0) is 11.5. The van der Waals surface area contributed by atoms with Gasteiger partial charge in [-0.3, -0.25) is 4.79 Å². The maximum atomic E-state index is 12.9. The molecule has 0 radical (unpaired) electrons. The lowest BCUT2D eigenvalue weighted by atomic mass is 10.0. The van der Waals surface area contributed by atoms with Crippen molar-refractivity contribution in [3.8, 4) is 0 Å². The molecule has 0 aliphatic carbocycles. The average Bonchev–Trinajstić information content (AvgIpc) is 2.18. The number of rotatable bonds is 4. The van der Waals surface area contributed by atoms with Crippen molar-refractivity contribution < 1.29 is 13.6 Å². The van der Waals surface area contributed by atoms with Gasteiger partial charge in [-0.15, -0.1) is 0 Å².